The number of halogens is 1. The topological polar surface area (TPSA) is 65.2 Å². The summed E-state index contributed by atoms with van der Waals surface area (Å²) in [6.45, 7) is 1.78. The first-order valence-corrected chi connectivity index (χ1v) is 12.0. The fourth-order valence-corrected chi connectivity index (χ4v) is 4.79. The molecule has 0 spiro atoms. The Morgan fingerprint density at radius 3 is 2.43 bits per heavy atom. The van der Waals surface area contributed by atoms with E-state index in [4.69, 9.17) is 0 Å². The lowest BCUT2D eigenvalue weighted by molar-refractivity contribution is 0.0690. The molecule has 178 valence electrons. The highest BCUT2D eigenvalue weighted by molar-refractivity contribution is 6.08. The molecule has 4 aromatic rings. The largest absolute Gasteiger partial charge is 0.360 e. The van der Waals surface area contributed by atoms with Crippen molar-refractivity contribution in [2.75, 3.05) is 13.1 Å². The summed E-state index contributed by atoms with van der Waals surface area (Å²) in [6.07, 6.45) is 4.69. The van der Waals surface area contributed by atoms with E-state index in [1.54, 1.807) is 24.4 Å². The van der Waals surface area contributed by atoms with Gasteiger partial charge in [-0.2, -0.15) is 0 Å². The number of rotatable bonds is 6. The van der Waals surface area contributed by atoms with Crippen LogP contribution in [0.2, 0.25) is 0 Å². The highest BCUT2D eigenvalue weighted by Gasteiger charge is 2.24. The average Bonchev–Trinajstić information content (AvgIpc) is 3.32. The molecule has 6 heteroatoms. The molecular formula is C29H28FN3O2. The lowest BCUT2D eigenvalue weighted by atomic mass is 9.90. The van der Waals surface area contributed by atoms with Crippen LogP contribution in [0.3, 0.4) is 0 Å². The lowest BCUT2D eigenvalue weighted by Gasteiger charge is -2.32. The number of aromatic amines is 1. The number of piperidine rings is 1. The Morgan fingerprint density at radius 2 is 1.69 bits per heavy atom. The maximum Gasteiger partial charge on any atom is 0.253 e. The minimum absolute atomic E-state index is 0.00364. The molecule has 0 bridgehead atoms. The minimum atomic E-state index is -0.311. The number of carbonyl (C=O) groups is 2. The first-order chi connectivity index (χ1) is 17.1. The number of likely N-dealkylation sites (tertiary alicyclic amines) is 1. The summed E-state index contributed by atoms with van der Waals surface area (Å²) >= 11 is 0. The molecule has 0 saturated carbocycles. The van der Waals surface area contributed by atoms with Crippen LogP contribution in [0.25, 0.3) is 10.9 Å². The number of nitrogens with one attached hydrogen (secondary N) is 2. The number of H-pyrrole nitrogens is 1. The van der Waals surface area contributed by atoms with Crippen molar-refractivity contribution in [1.29, 1.82) is 0 Å². The maximum absolute atomic E-state index is 13.2. The van der Waals surface area contributed by atoms with E-state index < -0.39 is 0 Å². The van der Waals surface area contributed by atoms with E-state index in [0.717, 1.165) is 43.4 Å². The first-order valence-electron chi connectivity index (χ1n) is 12.0. The maximum atomic E-state index is 13.2. The van der Waals surface area contributed by atoms with Crippen LogP contribution in [0.1, 0.15) is 44.7 Å². The van der Waals surface area contributed by atoms with Gasteiger partial charge >= 0.3 is 0 Å². The van der Waals surface area contributed by atoms with Crippen molar-refractivity contribution in [3.8, 4) is 0 Å². The van der Waals surface area contributed by atoms with Crippen LogP contribution in [0.4, 0.5) is 4.39 Å². The SMILES string of the molecule is O=C(NCc1ccc(F)cc1)c1c[nH]c2ccc(C(=O)N3CCC(Cc4ccccc4)CC3)cc12. The second kappa shape index (κ2) is 10.1. The number of hydrogen-bond donors (Lipinski definition) is 2. The summed E-state index contributed by atoms with van der Waals surface area (Å²) in [6, 6.07) is 22.0. The van der Waals surface area contributed by atoms with Crippen LogP contribution in [0, 0.1) is 11.7 Å². The summed E-state index contributed by atoms with van der Waals surface area (Å²) in [5.41, 5.74) is 4.03. The Morgan fingerprint density at radius 1 is 0.943 bits per heavy atom. The van der Waals surface area contributed by atoms with Crippen molar-refractivity contribution in [2.24, 2.45) is 5.92 Å². The predicted molar refractivity (Wildman–Crippen MR) is 135 cm³/mol. The minimum Gasteiger partial charge on any atom is -0.360 e. The third-order valence-electron chi connectivity index (χ3n) is 6.81. The van der Waals surface area contributed by atoms with Gasteiger partial charge in [-0.15, -0.1) is 0 Å². The van der Waals surface area contributed by atoms with Crippen LogP contribution in [0.5, 0.6) is 0 Å². The molecule has 5 nitrogen and oxygen atoms in total. The smallest absolute Gasteiger partial charge is 0.253 e. The van der Waals surface area contributed by atoms with Gasteiger partial charge in [-0.1, -0.05) is 42.5 Å². The Balaban J connectivity index is 1.23. The van der Waals surface area contributed by atoms with Crippen molar-refractivity contribution < 1.29 is 14.0 Å². The molecular weight excluding hydrogens is 441 g/mol. The summed E-state index contributed by atoms with van der Waals surface area (Å²) in [5.74, 6) is 0.0372. The number of hydrogen-bond acceptors (Lipinski definition) is 2. The summed E-state index contributed by atoms with van der Waals surface area (Å²) in [5, 5.41) is 3.59. The van der Waals surface area contributed by atoms with E-state index in [0.29, 0.717) is 29.0 Å². The van der Waals surface area contributed by atoms with Crippen molar-refractivity contribution in [3.63, 3.8) is 0 Å². The Labute approximate surface area is 204 Å². The van der Waals surface area contributed by atoms with E-state index in [9.17, 15) is 14.0 Å². The van der Waals surface area contributed by atoms with Gasteiger partial charge in [0.05, 0.1) is 5.56 Å². The molecule has 1 fully saturated rings. The Hall–Kier alpha value is -3.93. The molecule has 1 aromatic heterocycles. The van der Waals surface area contributed by atoms with E-state index in [1.165, 1.54) is 17.7 Å². The highest BCUT2D eigenvalue weighted by Crippen LogP contribution is 2.25. The normalized spacial score (nSPS) is 14.3. The van der Waals surface area contributed by atoms with Gasteiger partial charge in [-0.05, 0) is 66.6 Å². The summed E-state index contributed by atoms with van der Waals surface area (Å²) in [4.78, 5) is 31.1. The molecule has 0 unspecified atom stereocenters. The average molecular weight is 470 g/mol. The van der Waals surface area contributed by atoms with Crippen LogP contribution in [0.15, 0.2) is 79.0 Å². The van der Waals surface area contributed by atoms with E-state index in [1.807, 2.05) is 23.1 Å². The molecule has 3 aromatic carbocycles. The van der Waals surface area contributed by atoms with Gasteiger partial charge in [0.15, 0.2) is 0 Å². The zero-order valence-corrected chi connectivity index (χ0v) is 19.5. The van der Waals surface area contributed by atoms with Crippen molar-refractivity contribution in [2.45, 2.75) is 25.8 Å². The van der Waals surface area contributed by atoms with Gasteiger partial charge in [0.25, 0.3) is 11.8 Å². The van der Waals surface area contributed by atoms with Gasteiger partial charge in [0.2, 0.25) is 0 Å². The van der Waals surface area contributed by atoms with Crippen molar-refractivity contribution in [1.82, 2.24) is 15.2 Å². The van der Waals surface area contributed by atoms with Crippen LogP contribution < -0.4 is 5.32 Å². The molecule has 2 N–H and O–H groups in total. The molecule has 0 radical (unpaired) electrons. The lowest BCUT2D eigenvalue weighted by Crippen LogP contribution is -2.38. The third-order valence-corrected chi connectivity index (χ3v) is 6.81. The summed E-state index contributed by atoms with van der Waals surface area (Å²) in [7, 11) is 0. The molecule has 1 aliphatic rings. The standard InChI is InChI=1S/C29H28FN3O2/c30-24-9-6-22(7-10-24)18-32-28(34)26-19-31-27-11-8-23(17-25(26)27)29(35)33-14-12-21(13-15-33)16-20-4-2-1-3-5-20/h1-11,17,19,21,31H,12-16,18H2,(H,32,34). The molecule has 1 aliphatic heterocycles. The van der Waals surface area contributed by atoms with Gasteiger partial charge in [0, 0.05) is 42.3 Å². The van der Waals surface area contributed by atoms with Gasteiger partial charge < -0.3 is 15.2 Å². The molecule has 35 heavy (non-hydrogen) atoms. The second-order valence-electron chi connectivity index (χ2n) is 9.20. The summed E-state index contributed by atoms with van der Waals surface area (Å²) < 4.78 is 13.1. The first kappa shape index (κ1) is 22.8. The number of benzene rings is 3. The van der Waals surface area contributed by atoms with Crippen molar-refractivity contribution in [3.05, 3.63) is 107 Å². The Kier molecular flexibility index (Phi) is 6.62. The number of carbonyl (C=O) groups excluding carboxylic acids is 2. The van der Waals surface area contributed by atoms with E-state index in [-0.39, 0.29) is 17.6 Å². The van der Waals surface area contributed by atoms with Crippen LogP contribution in [-0.2, 0) is 13.0 Å². The van der Waals surface area contributed by atoms with Crippen LogP contribution >= 0.6 is 0 Å². The molecule has 2 amide bonds. The third kappa shape index (κ3) is 5.27. The zero-order valence-electron chi connectivity index (χ0n) is 19.5. The molecule has 1 saturated heterocycles. The van der Waals surface area contributed by atoms with Crippen molar-refractivity contribution >= 4 is 22.7 Å². The van der Waals surface area contributed by atoms with E-state index >= 15 is 0 Å². The molecule has 5 rings (SSSR count). The fraction of sp³-hybridized carbons (Fsp3) is 0.241. The quantitative estimate of drug-likeness (QED) is 0.401. The number of amides is 2. The number of aromatic nitrogens is 1. The predicted octanol–water partition coefficient (Wildman–Crippen LogP) is 5.33. The number of fused-ring (bicyclic) bond motifs is 1. The zero-order chi connectivity index (χ0) is 24.2. The van der Waals surface area contributed by atoms with Gasteiger partial charge in [-0.3, -0.25) is 9.59 Å². The Bertz CT molecular complexity index is 1320. The molecule has 0 atom stereocenters. The molecule has 2 heterocycles. The van der Waals surface area contributed by atoms with Gasteiger partial charge in [0.1, 0.15) is 5.82 Å². The molecule has 0 aliphatic carbocycles. The monoisotopic (exact) mass is 469 g/mol. The second-order valence-corrected chi connectivity index (χ2v) is 9.20. The van der Waals surface area contributed by atoms with E-state index in [2.05, 4.69) is 34.6 Å². The van der Waals surface area contributed by atoms with Gasteiger partial charge in [-0.25, -0.2) is 4.39 Å². The fourth-order valence-electron chi connectivity index (χ4n) is 4.79. The highest BCUT2D eigenvalue weighted by atomic mass is 19.1. The van der Waals surface area contributed by atoms with Crippen LogP contribution in [-0.4, -0.2) is 34.8 Å². The number of nitrogens with zero attached hydrogens (tertiary/aromatic N) is 1.